The Balaban J connectivity index is 2.29. The van der Waals surface area contributed by atoms with Crippen LogP contribution < -0.4 is 16.0 Å². The van der Waals surface area contributed by atoms with Crippen molar-refractivity contribution in [2.24, 2.45) is 0 Å². The number of phenols is 1. The highest BCUT2D eigenvalue weighted by atomic mass is 16.4. The van der Waals surface area contributed by atoms with Crippen molar-refractivity contribution in [2.45, 2.75) is 39.2 Å². The fourth-order valence-corrected chi connectivity index (χ4v) is 2.53. The molecule has 0 spiro atoms. The molecule has 0 saturated heterocycles. The number of phenolic OH excluding ortho intramolecular Hbond substituents is 1. The molecular formula is C17H18NO6-. The third-order valence-electron chi connectivity index (χ3n) is 3.81. The number of fused-ring (bicyclic) bond motifs is 1. The third kappa shape index (κ3) is 3.73. The van der Waals surface area contributed by atoms with E-state index in [1.165, 1.54) is 12.1 Å². The van der Waals surface area contributed by atoms with Crippen LogP contribution in [-0.4, -0.2) is 23.0 Å². The lowest BCUT2D eigenvalue weighted by Crippen LogP contribution is -2.48. The molecule has 0 fully saturated rings. The first kappa shape index (κ1) is 17.5. The zero-order valence-electron chi connectivity index (χ0n) is 13.4. The van der Waals surface area contributed by atoms with E-state index < -0.39 is 23.5 Å². The molecule has 0 saturated carbocycles. The molecule has 0 aliphatic rings. The lowest BCUT2D eigenvalue weighted by atomic mass is 10.0. The number of aryl methyl sites for hydroxylation is 1. The quantitative estimate of drug-likeness (QED) is 0.738. The zero-order valence-corrected chi connectivity index (χ0v) is 13.4. The molecule has 0 radical (unpaired) electrons. The highest BCUT2D eigenvalue weighted by Gasteiger charge is 2.18. The van der Waals surface area contributed by atoms with Crippen molar-refractivity contribution in [1.82, 2.24) is 5.32 Å². The maximum atomic E-state index is 12.1. The molecule has 0 aliphatic carbocycles. The van der Waals surface area contributed by atoms with Gasteiger partial charge in [0, 0.05) is 11.5 Å². The molecule has 7 nitrogen and oxygen atoms in total. The number of carbonyl (C=O) groups excluding carboxylic acids is 2. The second-order valence-electron chi connectivity index (χ2n) is 5.58. The summed E-state index contributed by atoms with van der Waals surface area (Å²) in [5, 5.41) is 23.4. The van der Waals surface area contributed by atoms with Gasteiger partial charge in [-0.25, -0.2) is 4.79 Å². The van der Waals surface area contributed by atoms with Crippen molar-refractivity contribution in [3.05, 3.63) is 39.7 Å². The Hall–Kier alpha value is -2.83. The van der Waals surface area contributed by atoms with E-state index in [0.29, 0.717) is 17.4 Å². The summed E-state index contributed by atoms with van der Waals surface area (Å²) in [6, 6.07) is 3.27. The van der Waals surface area contributed by atoms with Crippen LogP contribution in [0.1, 0.15) is 30.9 Å². The molecule has 1 amide bonds. The summed E-state index contributed by atoms with van der Waals surface area (Å²) in [6.07, 6.45) is 0.525. The number of amides is 1. The van der Waals surface area contributed by atoms with Crippen molar-refractivity contribution in [2.75, 3.05) is 0 Å². The van der Waals surface area contributed by atoms with Gasteiger partial charge in [0.15, 0.2) is 0 Å². The monoisotopic (exact) mass is 332 g/mol. The molecule has 1 aromatic carbocycles. The number of aliphatic carboxylic acids is 1. The Labute approximate surface area is 137 Å². The van der Waals surface area contributed by atoms with Gasteiger partial charge in [0.25, 0.3) is 0 Å². The van der Waals surface area contributed by atoms with Crippen LogP contribution in [0.25, 0.3) is 11.0 Å². The fourth-order valence-electron chi connectivity index (χ4n) is 2.53. The average molecular weight is 332 g/mol. The lowest BCUT2D eigenvalue weighted by Gasteiger charge is -2.19. The first-order valence-corrected chi connectivity index (χ1v) is 7.59. The number of aromatic hydroxyl groups is 1. The van der Waals surface area contributed by atoms with Crippen molar-refractivity contribution in [3.63, 3.8) is 0 Å². The minimum absolute atomic E-state index is 0.0353. The molecule has 1 heterocycles. The number of hydrogen-bond acceptors (Lipinski definition) is 6. The molecule has 7 heteroatoms. The Morgan fingerprint density at radius 1 is 1.38 bits per heavy atom. The highest BCUT2D eigenvalue weighted by Crippen LogP contribution is 2.23. The number of carboxylic acids is 1. The normalized spacial score (nSPS) is 12.1. The minimum atomic E-state index is -1.36. The van der Waals surface area contributed by atoms with Gasteiger partial charge >= 0.3 is 5.63 Å². The number of carboxylic acid groups (broad SMARTS) is 1. The molecule has 2 aromatic rings. The molecule has 0 unspecified atom stereocenters. The van der Waals surface area contributed by atoms with Crippen LogP contribution in [0.4, 0.5) is 0 Å². The van der Waals surface area contributed by atoms with Gasteiger partial charge in [-0.3, -0.25) is 4.79 Å². The number of carbonyl (C=O) groups is 2. The lowest BCUT2D eigenvalue weighted by molar-refractivity contribution is -0.308. The molecule has 2 N–H and O–H groups in total. The van der Waals surface area contributed by atoms with Crippen LogP contribution in [-0.2, 0) is 16.0 Å². The summed E-state index contributed by atoms with van der Waals surface area (Å²) in [6.45, 7) is 3.46. The van der Waals surface area contributed by atoms with E-state index in [-0.39, 0.29) is 29.7 Å². The summed E-state index contributed by atoms with van der Waals surface area (Å²) in [5.74, 6) is -1.99. The van der Waals surface area contributed by atoms with Crippen LogP contribution in [0.15, 0.2) is 27.4 Å². The topological polar surface area (TPSA) is 120 Å². The van der Waals surface area contributed by atoms with E-state index in [4.69, 9.17) is 4.42 Å². The van der Waals surface area contributed by atoms with Crippen molar-refractivity contribution in [3.8, 4) is 5.75 Å². The van der Waals surface area contributed by atoms with Gasteiger partial charge in [-0.05, 0) is 31.0 Å². The van der Waals surface area contributed by atoms with Crippen LogP contribution in [0.3, 0.4) is 0 Å². The second-order valence-corrected chi connectivity index (χ2v) is 5.58. The standard InChI is InChI=1S/C17H19NO6/c1-3-4-13(16(21)22)18-15(20)8-12-9(2)11-6-5-10(19)7-14(11)24-17(12)23/h5-7,13,19H,3-4,8H2,1-2H3,(H,18,20)(H,21,22)/p-1/t13-/m1/s1. The minimum Gasteiger partial charge on any atom is -0.548 e. The zero-order chi connectivity index (χ0) is 17.9. The van der Waals surface area contributed by atoms with Gasteiger partial charge in [-0.1, -0.05) is 13.3 Å². The Bertz CT molecular complexity index is 839. The predicted molar refractivity (Wildman–Crippen MR) is 84.4 cm³/mol. The Morgan fingerprint density at radius 3 is 2.71 bits per heavy atom. The molecule has 1 aromatic heterocycles. The van der Waals surface area contributed by atoms with E-state index in [1.807, 2.05) is 0 Å². The Morgan fingerprint density at radius 2 is 2.08 bits per heavy atom. The summed E-state index contributed by atoms with van der Waals surface area (Å²) >= 11 is 0. The highest BCUT2D eigenvalue weighted by molar-refractivity contribution is 5.87. The van der Waals surface area contributed by atoms with Crippen molar-refractivity contribution in [1.29, 1.82) is 0 Å². The van der Waals surface area contributed by atoms with Gasteiger partial charge in [-0.2, -0.15) is 0 Å². The molecule has 24 heavy (non-hydrogen) atoms. The summed E-state index contributed by atoms with van der Waals surface area (Å²) in [5.41, 5.74) is 0.234. The van der Waals surface area contributed by atoms with Gasteiger partial charge < -0.3 is 24.7 Å². The van der Waals surface area contributed by atoms with E-state index in [0.717, 1.165) is 0 Å². The third-order valence-corrected chi connectivity index (χ3v) is 3.81. The molecule has 0 aliphatic heterocycles. The van der Waals surface area contributed by atoms with E-state index in [1.54, 1.807) is 19.9 Å². The smallest absolute Gasteiger partial charge is 0.340 e. The van der Waals surface area contributed by atoms with Crippen molar-refractivity contribution < 1.29 is 24.2 Å². The largest absolute Gasteiger partial charge is 0.548 e. The van der Waals surface area contributed by atoms with Crippen LogP contribution in [0.5, 0.6) is 5.75 Å². The molecule has 2 rings (SSSR count). The average Bonchev–Trinajstić information content (AvgIpc) is 2.50. The summed E-state index contributed by atoms with van der Waals surface area (Å²) < 4.78 is 5.13. The van der Waals surface area contributed by atoms with Crippen LogP contribution in [0, 0.1) is 6.92 Å². The van der Waals surface area contributed by atoms with Crippen LogP contribution in [0.2, 0.25) is 0 Å². The first-order valence-electron chi connectivity index (χ1n) is 7.59. The molecule has 128 valence electrons. The van der Waals surface area contributed by atoms with E-state index in [2.05, 4.69) is 5.32 Å². The molecule has 0 bridgehead atoms. The van der Waals surface area contributed by atoms with Gasteiger partial charge in [0.1, 0.15) is 11.3 Å². The summed E-state index contributed by atoms with van der Waals surface area (Å²) in [7, 11) is 0. The molecular weight excluding hydrogens is 314 g/mol. The second kappa shape index (κ2) is 7.16. The predicted octanol–water partition coefficient (Wildman–Crippen LogP) is 0.384. The Kier molecular flexibility index (Phi) is 5.23. The van der Waals surface area contributed by atoms with Crippen LogP contribution >= 0.6 is 0 Å². The maximum Gasteiger partial charge on any atom is 0.340 e. The number of benzene rings is 1. The van der Waals surface area contributed by atoms with Gasteiger partial charge in [0.05, 0.1) is 24.0 Å². The van der Waals surface area contributed by atoms with E-state index in [9.17, 15) is 24.6 Å². The molecule has 1 atom stereocenters. The number of rotatable bonds is 6. The number of hydrogen-bond donors (Lipinski definition) is 2. The maximum absolute atomic E-state index is 12.1. The fraction of sp³-hybridized carbons (Fsp3) is 0.353. The number of nitrogens with one attached hydrogen (secondary N) is 1. The van der Waals surface area contributed by atoms with E-state index >= 15 is 0 Å². The van der Waals surface area contributed by atoms with Crippen molar-refractivity contribution >= 4 is 22.8 Å². The summed E-state index contributed by atoms with van der Waals surface area (Å²) in [4.78, 5) is 35.2. The van der Waals surface area contributed by atoms with Gasteiger partial charge in [-0.15, -0.1) is 0 Å². The first-order chi connectivity index (χ1) is 11.3. The SMILES string of the molecule is CCC[C@@H](NC(=O)Cc1c(C)c2ccc(O)cc2oc1=O)C(=O)[O-]. The van der Waals surface area contributed by atoms with Gasteiger partial charge in [0.2, 0.25) is 5.91 Å².